The first-order valence-corrected chi connectivity index (χ1v) is 6.68. The maximum absolute atomic E-state index is 8.92. The van der Waals surface area contributed by atoms with E-state index in [-0.39, 0.29) is 0 Å². The Kier molecular flexibility index (Phi) is 6.32. The summed E-state index contributed by atoms with van der Waals surface area (Å²) in [7, 11) is 2.21. The summed E-state index contributed by atoms with van der Waals surface area (Å²) in [6, 6.07) is 1.42. The molecule has 2 N–H and O–H groups in total. The molecular formula is C13H28N2O. The fraction of sp³-hybridized carbons (Fsp3) is 1.00. The Balaban J connectivity index is 2.05. The molecule has 0 saturated carbocycles. The lowest BCUT2D eigenvalue weighted by atomic mass is 9.98. The van der Waals surface area contributed by atoms with Crippen molar-refractivity contribution in [3.8, 4) is 0 Å². The zero-order valence-electron chi connectivity index (χ0n) is 11.1. The van der Waals surface area contributed by atoms with Gasteiger partial charge < -0.3 is 15.3 Å². The highest BCUT2D eigenvalue weighted by atomic mass is 16.3. The van der Waals surface area contributed by atoms with E-state index >= 15 is 0 Å². The second-order valence-electron chi connectivity index (χ2n) is 5.44. The highest BCUT2D eigenvalue weighted by Crippen LogP contribution is 2.15. The van der Waals surface area contributed by atoms with Crippen LogP contribution in [0.4, 0.5) is 0 Å². The molecule has 3 heteroatoms. The van der Waals surface area contributed by atoms with Gasteiger partial charge in [-0.3, -0.25) is 0 Å². The van der Waals surface area contributed by atoms with Gasteiger partial charge in [-0.05, 0) is 58.7 Å². The van der Waals surface area contributed by atoms with E-state index in [1.165, 1.54) is 25.8 Å². The molecule has 1 aliphatic rings. The van der Waals surface area contributed by atoms with Crippen LogP contribution in [0.3, 0.4) is 0 Å². The molecule has 3 unspecified atom stereocenters. The molecule has 3 atom stereocenters. The Morgan fingerprint density at radius 1 is 1.50 bits per heavy atom. The summed E-state index contributed by atoms with van der Waals surface area (Å²) < 4.78 is 0. The number of aliphatic hydroxyl groups excluding tert-OH is 1. The third kappa shape index (κ3) is 4.81. The number of nitrogens with one attached hydrogen (secondary N) is 1. The average Bonchev–Trinajstić information content (AvgIpc) is 2.28. The second-order valence-corrected chi connectivity index (χ2v) is 5.44. The monoisotopic (exact) mass is 228 g/mol. The zero-order valence-corrected chi connectivity index (χ0v) is 11.1. The SMILES string of the molecule is CC(CO)CCCNC1CCN(C)C(C)C1. The van der Waals surface area contributed by atoms with E-state index in [0.29, 0.717) is 24.6 Å². The van der Waals surface area contributed by atoms with Gasteiger partial charge in [-0.2, -0.15) is 0 Å². The topological polar surface area (TPSA) is 35.5 Å². The summed E-state index contributed by atoms with van der Waals surface area (Å²) in [5, 5.41) is 12.6. The summed E-state index contributed by atoms with van der Waals surface area (Å²) in [4.78, 5) is 2.44. The van der Waals surface area contributed by atoms with Gasteiger partial charge in [0.2, 0.25) is 0 Å². The molecule has 1 aliphatic heterocycles. The molecule has 1 fully saturated rings. The van der Waals surface area contributed by atoms with E-state index in [2.05, 4.69) is 31.1 Å². The minimum Gasteiger partial charge on any atom is -0.396 e. The van der Waals surface area contributed by atoms with Crippen molar-refractivity contribution in [1.82, 2.24) is 10.2 Å². The van der Waals surface area contributed by atoms with Gasteiger partial charge in [-0.1, -0.05) is 6.92 Å². The van der Waals surface area contributed by atoms with Crippen molar-refractivity contribution < 1.29 is 5.11 Å². The molecule has 16 heavy (non-hydrogen) atoms. The molecule has 96 valence electrons. The van der Waals surface area contributed by atoms with Crippen molar-refractivity contribution in [3.63, 3.8) is 0 Å². The van der Waals surface area contributed by atoms with Crippen molar-refractivity contribution in [2.45, 2.75) is 51.6 Å². The lowest BCUT2D eigenvalue weighted by Crippen LogP contribution is -2.45. The van der Waals surface area contributed by atoms with Crippen molar-refractivity contribution >= 4 is 0 Å². The van der Waals surface area contributed by atoms with Crippen molar-refractivity contribution in [2.24, 2.45) is 5.92 Å². The standard InChI is InChI=1S/C13H28N2O/c1-11(10-16)5-4-7-14-13-6-8-15(3)12(2)9-13/h11-14,16H,4-10H2,1-3H3. The lowest BCUT2D eigenvalue weighted by molar-refractivity contribution is 0.167. The number of likely N-dealkylation sites (tertiary alicyclic amines) is 1. The molecule has 0 aliphatic carbocycles. The van der Waals surface area contributed by atoms with Crippen LogP contribution in [-0.4, -0.2) is 48.8 Å². The molecule has 0 radical (unpaired) electrons. The quantitative estimate of drug-likeness (QED) is 0.676. The molecular weight excluding hydrogens is 200 g/mol. The third-order valence-corrected chi connectivity index (χ3v) is 3.83. The largest absolute Gasteiger partial charge is 0.396 e. The predicted molar refractivity (Wildman–Crippen MR) is 68.6 cm³/mol. The zero-order chi connectivity index (χ0) is 12.0. The maximum atomic E-state index is 8.92. The molecule has 0 aromatic rings. The molecule has 0 aromatic heterocycles. The average molecular weight is 228 g/mol. The first-order chi connectivity index (χ1) is 7.63. The summed E-state index contributed by atoms with van der Waals surface area (Å²) in [5.41, 5.74) is 0. The van der Waals surface area contributed by atoms with Crippen LogP contribution in [0.25, 0.3) is 0 Å². The van der Waals surface area contributed by atoms with Gasteiger partial charge in [0.05, 0.1) is 0 Å². The molecule has 3 nitrogen and oxygen atoms in total. The van der Waals surface area contributed by atoms with Gasteiger partial charge >= 0.3 is 0 Å². The van der Waals surface area contributed by atoms with Gasteiger partial charge in [-0.25, -0.2) is 0 Å². The first-order valence-electron chi connectivity index (χ1n) is 6.68. The van der Waals surface area contributed by atoms with E-state index in [4.69, 9.17) is 5.11 Å². The smallest absolute Gasteiger partial charge is 0.0456 e. The fourth-order valence-electron chi connectivity index (χ4n) is 2.32. The number of rotatable bonds is 6. The highest BCUT2D eigenvalue weighted by molar-refractivity contribution is 4.80. The van der Waals surface area contributed by atoms with Crippen LogP contribution >= 0.6 is 0 Å². The van der Waals surface area contributed by atoms with Gasteiger partial charge in [-0.15, -0.1) is 0 Å². The number of nitrogens with zero attached hydrogens (tertiary/aromatic N) is 1. The number of hydrogen-bond donors (Lipinski definition) is 2. The molecule has 0 bridgehead atoms. The minimum absolute atomic E-state index is 0.325. The Bertz CT molecular complexity index is 187. The normalized spacial score (nSPS) is 29.2. The minimum atomic E-state index is 0.325. The van der Waals surface area contributed by atoms with Gasteiger partial charge in [0, 0.05) is 18.7 Å². The van der Waals surface area contributed by atoms with Crippen molar-refractivity contribution in [3.05, 3.63) is 0 Å². The van der Waals surface area contributed by atoms with Crippen LogP contribution < -0.4 is 5.32 Å². The Labute approximate surface area is 100 Å². The summed E-state index contributed by atoms with van der Waals surface area (Å²) in [6.07, 6.45) is 4.86. The van der Waals surface area contributed by atoms with Crippen LogP contribution in [0.5, 0.6) is 0 Å². The summed E-state index contributed by atoms with van der Waals surface area (Å²) in [6.45, 7) is 7.06. The van der Waals surface area contributed by atoms with Crippen LogP contribution in [-0.2, 0) is 0 Å². The third-order valence-electron chi connectivity index (χ3n) is 3.83. The number of piperidine rings is 1. The van der Waals surface area contributed by atoms with E-state index in [9.17, 15) is 0 Å². The van der Waals surface area contributed by atoms with Crippen molar-refractivity contribution in [2.75, 3.05) is 26.7 Å². The Morgan fingerprint density at radius 3 is 2.88 bits per heavy atom. The predicted octanol–water partition coefficient (Wildman–Crippen LogP) is 1.47. The lowest BCUT2D eigenvalue weighted by Gasteiger charge is -2.35. The van der Waals surface area contributed by atoms with Crippen LogP contribution in [0.15, 0.2) is 0 Å². The molecule has 1 rings (SSSR count). The highest BCUT2D eigenvalue weighted by Gasteiger charge is 2.21. The van der Waals surface area contributed by atoms with Gasteiger partial charge in [0.15, 0.2) is 0 Å². The van der Waals surface area contributed by atoms with E-state index in [1.54, 1.807) is 0 Å². The molecule has 1 heterocycles. The Hall–Kier alpha value is -0.120. The molecule has 0 aromatic carbocycles. The first kappa shape index (κ1) is 13.9. The van der Waals surface area contributed by atoms with E-state index < -0.39 is 0 Å². The second kappa shape index (κ2) is 7.25. The summed E-state index contributed by atoms with van der Waals surface area (Å²) in [5.74, 6) is 0.457. The molecule has 1 saturated heterocycles. The van der Waals surface area contributed by atoms with E-state index in [1.807, 2.05) is 0 Å². The van der Waals surface area contributed by atoms with Gasteiger partial charge in [0.1, 0.15) is 0 Å². The van der Waals surface area contributed by atoms with Gasteiger partial charge in [0.25, 0.3) is 0 Å². The Morgan fingerprint density at radius 2 is 2.25 bits per heavy atom. The maximum Gasteiger partial charge on any atom is 0.0456 e. The van der Waals surface area contributed by atoms with Crippen LogP contribution in [0.1, 0.15) is 39.5 Å². The van der Waals surface area contributed by atoms with E-state index in [0.717, 1.165) is 13.0 Å². The van der Waals surface area contributed by atoms with Crippen molar-refractivity contribution in [1.29, 1.82) is 0 Å². The number of hydrogen-bond acceptors (Lipinski definition) is 3. The number of aliphatic hydroxyl groups is 1. The molecule has 0 amide bonds. The molecule has 0 spiro atoms. The summed E-state index contributed by atoms with van der Waals surface area (Å²) >= 11 is 0. The van der Waals surface area contributed by atoms with Crippen LogP contribution in [0.2, 0.25) is 0 Å². The van der Waals surface area contributed by atoms with Crippen LogP contribution in [0, 0.1) is 5.92 Å². The fourth-order valence-corrected chi connectivity index (χ4v) is 2.32.